The van der Waals surface area contributed by atoms with Gasteiger partial charge in [-0.1, -0.05) is 18.2 Å². The first-order chi connectivity index (χ1) is 13.2. The van der Waals surface area contributed by atoms with E-state index in [9.17, 15) is 14.0 Å². The van der Waals surface area contributed by atoms with Crippen molar-refractivity contribution in [1.29, 1.82) is 0 Å². The topological polar surface area (TPSA) is 58.6 Å². The lowest BCUT2D eigenvalue weighted by Gasteiger charge is -2.28. The Balaban J connectivity index is 2.18. The van der Waals surface area contributed by atoms with Gasteiger partial charge in [0.15, 0.2) is 6.61 Å². The standard InChI is InChI=1S/C22H27FN2O3/c1-14-10-15(2)16(3)20(11-14)28-13-21(26)25(17(4)22(27)24-5)12-18-6-8-19(23)9-7-18/h6-11,17H,12-13H2,1-5H3,(H,24,27)/t17-/m0/s1. The van der Waals surface area contributed by atoms with Crippen LogP contribution in [-0.4, -0.2) is 36.4 Å². The van der Waals surface area contributed by atoms with Crippen molar-refractivity contribution in [1.82, 2.24) is 10.2 Å². The Labute approximate surface area is 165 Å². The summed E-state index contributed by atoms with van der Waals surface area (Å²) in [5, 5.41) is 2.56. The Hall–Kier alpha value is -2.89. The molecule has 0 spiro atoms. The van der Waals surface area contributed by atoms with E-state index < -0.39 is 6.04 Å². The first kappa shape index (κ1) is 21.4. The van der Waals surface area contributed by atoms with Crippen LogP contribution in [0.25, 0.3) is 0 Å². The van der Waals surface area contributed by atoms with Crippen molar-refractivity contribution in [2.24, 2.45) is 0 Å². The van der Waals surface area contributed by atoms with Crippen LogP contribution in [0.1, 0.15) is 29.2 Å². The summed E-state index contributed by atoms with van der Waals surface area (Å²) in [7, 11) is 1.52. The largest absolute Gasteiger partial charge is 0.483 e. The summed E-state index contributed by atoms with van der Waals surface area (Å²) >= 11 is 0. The molecular formula is C22H27FN2O3. The number of rotatable bonds is 7. The zero-order valence-electron chi connectivity index (χ0n) is 17.0. The van der Waals surface area contributed by atoms with Crippen molar-refractivity contribution >= 4 is 11.8 Å². The number of ether oxygens (including phenoxy) is 1. The Morgan fingerprint density at radius 3 is 2.39 bits per heavy atom. The lowest BCUT2D eigenvalue weighted by molar-refractivity contribution is -0.142. The molecule has 0 bridgehead atoms. The van der Waals surface area contributed by atoms with Gasteiger partial charge in [-0.2, -0.15) is 0 Å². The third kappa shape index (κ3) is 5.31. The molecule has 2 rings (SSSR count). The normalized spacial score (nSPS) is 11.6. The van der Waals surface area contributed by atoms with Gasteiger partial charge in [-0.25, -0.2) is 4.39 Å². The van der Waals surface area contributed by atoms with Crippen molar-refractivity contribution in [3.05, 3.63) is 64.5 Å². The second kappa shape index (κ2) is 9.35. The highest BCUT2D eigenvalue weighted by atomic mass is 19.1. The van der Waals surface area contributed by atoms with Crippen molar-refractivity contribution in [2.45, 2.75) is 40.3 Å². The van der Waals surface area contributed by atoms with Crippen molar-refractivity contribution < 1.29 is 18.7 Å². The van der Waals surface area contributed by atoms with Gasteiger partial charge in [0, 0.05) is 13.6 Å². The molecule has 0 unspecified atom stereocenters. The Bertz CT molecular complexity index is 850. The molecule has 0 saturated carbocycles. The summed E-state index contributed by atoms with van der Waals surface area (Å²) in [6.45, 7) is 7.55. The fraction of sp³-hybridized carbons (Fsp3) is 0.364. The highest BCUT2D eigenvalue weighted by Crippen LogP contribution is 2.23. The quantitative estimate of drug-likeness (QED) is 0.794. The minimum atomic E-state index is -0.688. The van der Waals surface area contributed by atoms with E-state index >= 15 is 0 Å². The predicted molar refractivity (Wildman–Crippen MR) is 107 cm³/mol. The molecule has 0 aliphatic heterocycles. The van der Waals surface area contributed by atoms with Gasteiger partial charge in [0.1, 0.15) is 17.6 Å². The number of halogens is 1. The molecule has 0 aromatic heterocycles. The second-order valence-corrected chi connectivity index (χ2v) is 6.93. The van der Waals surface area contributed by atoms with Crippen molar-refractivity contribution in [3.63, 3.8) is 0 Å². The summed E-state index contributed by atoms with van der Waals surface area (Å²) in [6.07, 6.45) is 0. The van der Waals surface area contributed by atoms with Crippen LogP contribution in [0.2, 0.25) is 0 Å². The highest BCUT2D eigenvalue weighted by Gasteiger charge is 2.26. The van der Waals surface area contributed by atoms with Gasteiger partial charge in [-0.05, 0) is 68.1 Å². The maximum absolute atomic E-state index is 13.2. The fourth-order valence-electron chi connectivity index (χ4n) is 2.95. The zero-order chi connectivity index (χ0) is 20.8. The number of nitrogens with zero attached hydrogens (tertiary/aromatic N) is 1. The number of hydrogen-bond donors (Lipinski definition) is 1. The maximum Gasteiger partial charge on any atom is 0.261 e. The number of aryl methyl sites for hydroxylation is 2. The first-order valence-electron chi connectivity index (χ1n) is 9.19. The van der Waals surface area contributed by atoms with E-state index in [0.717, 1.165) is 22.3 Å². The molecule has 0 heterocycles. The molecule has 0 saturated heterocycles. The summed E-state index contributed by atoms with van der Waals surface area (Å²) in [6, 6.07) is 9.12. The number of hydrogen-bond acceptors (Lipinski definition) is 3. The van der Waals surface area contributed by atoms with Crippen molar-refractivity contribution in [3.8, 4) is 5.75 Å². The number of carbonyl (C=O) groups excluding carboxylic acids is 2. The monoisotopic (exact) mass is 386 g/mol. The van der Waals surface area contributed by atoms with Crippen LogP contribution in [0.15, 0.2) is 36.4 Å². The second-order valence-electron chi connectivity index (χ2n) is 6.93. The lowest BCUT2D eigenvalue weighted by atomic mass is 10.1. The smallest absolute Gasteiger partial charge is 0.261 e. The van der Waals surface area contributed by atoms with Crippen LogP contribution in [0, 0.1) is 26.6 Å². The molecule has 28 heavy (non-hydrogen) atoms. The van der Waals surface area contributed by atoms with Crippen molar-refractivity contribution in [2.75, 3.05) is 13.7 Å². The fourth-order valence-corrected chi connectivity index (χ4v) is 2.95. The average molecular weight is 386 g/mol. The van der Waals surface area contributed by atoms with Gasteiger partial charge in [-0.3, -0.25) is 9.59 Å². The van der Waals surface area contributed by atoms with E-state index in [4.69, 9.17) is 4.74 Å². The van der Waals surface area contributed by atoms with Gasteiger partial charge >= 0.3 is 0 Å². The van der Waals surface area contributed by atoms with Gasteiger partial charge in [0.05, 0.1) is 0 Å². The lowest BCUT2D eigenvalue weighted by Crippen LogP contribution is -2.48. The van der Waals surface area contributed by atoms with Gasteiger partial charge < -0.3 is 15.0 Å². The number of nitrogens with one attached hydrogen (secondary N) is 1. The Kier molecular flexibility index (Phi) is 7.15. The third-order valence-electron chi connectivity index (χ3n) is 4.80. The van der Waals surface area contributed by atoms with E-state index in [2.05, 4.69) is 11.4 Å². The molecule has 0 radical (unpaired) electrons. The summed E-state index contributed by atoms with van der Waals surface area (Å²) in [4.78, 5) is 26.4. The molecule has 1 atom stereocenters. The molecule has 6 heteroatoms. The number of amides is 2. The number of carbonyl (C=O) groups is 2. The van der Waals surface area contributed by atoms with Crippen LogP contribution in [-0.2, 0) is 16.1 Å². The van der Waals surface area contributed by atoms with Gasteiger partial charge in [0.25, 0.3) is 5.91 Å². The Morgan fingerprint density at radius 1 is 1.14 bits per heavy atom. The minimum absolute atomic E-state index is 0.183. The molecule has 2 aromatic carbocycles. The van der Waals surface area contributed by atoms with Crippen LogP contribution in [0.3, 0.4) is 0 Å². The van der Waals surface area contributed by atoms with E-state index in [0.29, 0.717) is 5.75 Å². The maximum atomic E-state index is 13.2. The molecule has 0 fully saturated rings. The molecule has 150 valence electrons. The third-order valence-corrected chi connectivity index (χ3v) is 4.80. The SMILES string of the molecule is CNC(=O)[C@H](C)N(Cc1ccc(F)cc1)C(=O)COc1cc(C)cc(C)c1C. The molecule has 0 aliphatic carbocycles. The summed E-state index contributed by atoms with van der Waals surface area (Å²) < 4.78 is 18.9. The summed E-state index contributed by atoms with van der Waals surface area (Å²) in [5.74, 6) is -0.299. The van der Waals surface area contributed by atoms with Crippen LogP contribution >= 0.6 is 0 Å². The minimum Gasteiger partial charge on any atom is -0.483 e. The zero-order valence-corrected chi connectivity index (χ0v) is 17.0. The molecular weight excluding hydrogens is 359 g/mol. The molecule has 2 aromatic rings. The first-order valence-corrected chi connectivity index (χ1v) is 9.19. The molecule has 1 N–H and O–H groups in total. The number of benzene rings is 2. The average Bonchev–Trinajstić information content (AvgIpc) is 2.67. The molecule has 5 nitrogen and oxygen atoms in total. The number of likely N-dealkylation sites (N-methyl/N-ethyl adjacent to an activating group) is 1. The van der Waals surface area contributed by atoms with Crippen LogP contribution in [0.4, 0.5) is 4.39 Å². The highest BCUT2D eigenvalue weighted by molar-refractivity contribution is 5.87. The van der Waals surface area contributed by atoms with Crippen LogP contribution < -0.4 is 10.1 Å². The van der Waals surface area contributed by atoms with E-state index in [1.165, 1.54) is 24.1 Å². The Morgan fingerprint density at radius 2 is 1.79 bits per heavy atom. The summed E-state index contributed by atoms with van der Waals surface area (Å²) in [5.41, 5.74) is 3.84. The van der Waals surface area contributed by atoms with E-state index in [1.807, 2.05) is 26.8 Å². The van der Waals surface area contributed by atoms with Gasteiger partial charge in [0.2, 0.25) is 5.91 Å². The van der Waals surface area contributed by atoms with E-state index in [1.54, 1.807) is 19.1 Å². The molecule has 2 amide bonds. The van der Waals surface area contributed by atoms with E-state index in [-0.39, 0.29) is 30.8 Å². The molecule has 0 aliphatic rings. The van der Waals surface area contributed by atoms with Crippen LogP contribution in [0.5, 0.6) is 5.75 Å². The predicted octanol–water partition coefficient (Wildman–Crippen LogP) is 3.29. The van der Waals surface area contributed by atoms with Gasteiger partial charge in [-0.15, -0.1) is 0 Å².